The number of amides is 3. The van der Waals surface area contributed by atoms with E-state index in [4.69, 9.17) is 0 Å². The zero-order valence-electron chi connectivity index (χ0n) is 17.3. The zero-order chi connectivity index (χ0) is 20.9. The summed E-state index contributed by atoms with van der Waals surface area (Å²) in [6, 6.07) is 14.4. The number of carbonyl (C=O) groups is 3. The van der Waals surface area contributed by atoms with Crippen LogP contribution in [0.25, 0.3) is 0 Å². The molecule has 2 heterocycles. The Bertz CT molecular complexity index is 889. The van der Waals surface area contributed by atoms with Gasteiger partial charge in [0.2, 0.25) is 6.41 Å². The second-order valence-corrected chi connectivity index (χ2v) is 8.20. The summed E-state index contributed by atoms with van der Waals surface area (Å²) in [4.78, 5) is 39.6. The van der Waals surface area contributed by atoms with E-state index in [0.29, 0.717) is 17.7 Å². The highest BCUT2D eigenvalue weighted by molar-refractivity contribution is 6.21. The molecule has 3 aliphatic rings. The van der Waals surface area contributed by atoms with Gasteiger partial charge in [-0.2, -0.15) is 0 Å². The summed E-state index contributed by atoms with van der Waals surface area (Å²) in [6.45, 7) is 0.774. The zero-order valence-corrected chi connectivity index (χ0v) is 17.3. The topological polar surface area (TPSA) is 57.7 Å². The molecule has 3 amide bonds. The summed E-state index contributed by atoms with van der Waals surface area (Å²) in [5, 5.41) is 0. The number of nitrogens with zero attached hydrogens (tertiary/aromatic N) is 2. The van der Waals surface area contributed by atoms with Crippen LogP contribution in [0.1, 0.15) is 76.4 Å². The molecule has 2 aromatic carbocycles. The van der Waals surface area contributed by atoms with E-state index >= 15 is 0 Å². The highest BCUT2D eigenvalue weighted by Gasteiger charge is 2.38. The summed E-state index contributed by atoms with van der Waals surface area (Å²) < 4.78 is 0. The van der Waals surface area contributed by atoms with Crippen LogP contribution in [0.3, 0.4) is 0 Å². The van der Waals surface area contributed by atoms with Gasteiger partial charge in [0, 0.05) is 6.54 Å². The van der Waals surface area contributed by atoms with Crippen molar-refractivity contribution in [1.29, 1.82) is 0 Å². The molecule has 0 spiro atoms. The lowest BCUT2D eigenvalue weighted by Crippen LogP contribution is -2.43. The van der Waals surface area contributed by atoms with E-state index in [1.165, 1.54) is 43.4 Å². The van der Waals surface area contributed by atoms with Crippen LogP contribution >= 0.6 is 0 Å². The minimum absolute atomic E-state index is 0.183. The Balaban J connectivity index is 0.000000313. The lowest BCUT2D eigenvalue weighted by molar-refractivity contribution is -0.121. The van der Waals surface area contributed by atoms with Gasteiger partial charge >= 0.3 is 0 Å². The third kappa shape index (κ3) is 4.02. The van der Waals surface area contributed by atoms with Gasteiger partial charge in [-0.15, -0.1) is 0 Å². The molecule has 5 heteroatoms. The molecule has 156 valence electrons. The standard InChI is InChI=1S/C19H16N2O3.C6H12/c22-12-20-10-9-13-5-1-2-6-14(13)17(20)11-21-18(23)15-7-3-4-8-16(15)19(21)24;1-2-4-6-5-3-1/h1-8,12,17H,9-11H2;1-6H2. The second kappa shape index (κ2) is 9.24. The van der Waals surface area contributed by atoms with Gasteiger partial charge in [-0.05, 0) is 29.7 Å². The predicted octanol–water partition coefficient (Wildman–Crippen LogP) is 4.38. The number of carbonyl (C=O) groups excluding carboxylic acids is 3. The molecule has 0 saturated heterocycles. The number of imide groups is 1. The molecular weight excluding hydrogens is 376 g/mol. The highest BCUT2D eigenvalue weighted by atomic mass is 16.2. The molecular formula is C25H28N2O3. The van der Waals surface area contributed by atoms with Gasteiger partial charge < -0.3 is 4.90 Å². The first kappa shape index (κ1) is 20.3. The number of hydrogen-bond acceptors (Lipinski definition) is 3. The SMILES string of the molecule is C1CCCCC1.O=CN1CCc2ccccc2C1CN1C(=O)c2ccccc2C1=O. The Morgan fingerprint density at radius 3 is 1.90 bits per heavy atom. The van der Waals surface area contributed by atoms with Gasteiger partial charge in [-0.3, -0.25) is 19.3 Å². The van der Waals surface area contributed by atoms with Crippen molar-refractivity contribution in [3.05, 3.63) is 70.8 Å². The summed E-state index contributed by atoms with van der Waals surface area (Å²) in [7, 11) is 0. The predicted molar refractivity (Wildman–Crippen MR) is 115 cm³/mol. The molecule has 5 nitrogen and oxygen atoms in total. The van der Waals surface area contributed by atoms with E-state index in [1.807, 2.05) is 24.3 Å². The summed E-state index contributed by atoms with van der Waals surface area (Å²) >= 11 is 0. The molecule has 0 N–H and O–H groups in total. The molecule has 1 aliphatic carbocycles. The molecule has 5 rings (SSSR count). The summed E-state index contributed by atoms with van der Waals surface area (Å²) in [5.74, 6) is -0.575. The Morgan fingerprint density at radius 2 is 1.33 bits per heavy atom. The van der Waals surface area contributed by atoms with Gasteiger partial charge in [-0.25, -0.2) is 0 Å². The average Bonchev–Trinajstić information content (AvgIpc) is 3.06. The van der Waals surface area contributed by atoms with Crippen LogP contribution in [-0.2, 0) is 11.2 Å². The third-order valence-electron chi connectivity index (χ3n) is 6.32. The second-order valence-electron chi connectivity index (χ2n) is 8.20. The Labute approximate surface area is 177 Å². The maximum Gasteiger partial charge on any atom is 0.261 e. The van der Waals surface area contributed by atoms with E-state index in [9.17, 15) is 14.4 Å². The fraction of sp³-hybridized carbons (Fsp3) is 0.400. The number of hydrogen-bond donors (Lipinski definition) is 0. The molecule has 0 aromatic heterocycles. The van der Waals surface area contributed by atoms with Gasteiger partial charge in [0.15, 0.2) is 0 Å². The van der Waals surface area contributed by atoms with Crippen LogP contribution in [0.5, 0.6) is 0 Å². The van der Waals surface area contributed by atoms with E-state index in [-0.39, 0.29) is 24.4 Å². The first-order valence-electron chi connectivity index (χ1n) is 10.9. The van der Waals surface area contributed by atoms with Gasteiger partial charge in [0.25, 0.3) is 11.8 Å². The van der Waals surface area contributed by atoms with E-state index < -0.39 is 0 Å². The van der Waals surface area contributed by atoms with Crippen LogP contribution in [0.15, 0.2) is 48.5 Å². The van der Waals surface area contributed by atoms with Crippen LogP contribution in [-0.4, -0.2) is 41.1 Å². The normalized spacial score (nSPS) is 20.2. The van der Waals surface area contributed by atoms with E-state index in [1.54, 1.807) is 29.2 Å². The third-order valence-corrected chi connectivity index (χ3v) is 6.32. The monoisotopic (exact) mass is 404 g/mol. The van der Waals surface area contributed by atoms with Crippen LogP contribution in [0.2, 0.25) is 0 Å². The lowest BCUT2D eigenvalue weighted by Gasteiger charge is -2.36. The summed E-state index contributed by atoms with van der Waals surface area (Å²) in [6.07, 6.45) is 10.6. The van der Waals surface area contributed by atoms with Crippen molar-refractivity contribution in [1.82, 2.24) is 9.80 Å². The van der Waals surface area contributed by atoms with Gasteiger partial charge in [-0.1, -0.05) is 74.9 Å². The smallest absolute Gasteiger partial charge is 0.261 e. The largest absolute Gasteiger partial charge is 0.336 e. The number of fused-ring (bicyclic) bond motifs is 2. The first-order valence-corrected chi connectivity index (χ1v) is 10.9. The fourth-order valence-electron chi connectivity index (χ4n) is 4.64. The van der Waals surface area contributed by atoms with Crippen LogP contribution in [0.4, 0.5) is 0 Å². The minimum atomic E-state index is -0.297. The van der Waals surface area contributed by atoms with Gasteiger partial charge in [0.1, 0.15) is 0 Å². The molecule has 0 radical (unpaired) electrons. The molecule has 2 aromatic rings. The average molecular weight is 405 g/mol. The van der Waals surface area contributed by atoms with E-state index in [0.717, 1.165) is 24.0 Å². The number of benzene rings is 2. The Morgan fingerprint density at radius 1 is 0.800 bits per heavy atom. The van der Waals surface area contributed by atoms with Crippen LogP contribution in [0, 0.1) is 0 Å². The Kier molecular flexibility index (Phi) is 6.26. The lowest BCUT2D eigenvalue weighted by atomic mass is 9.92. The van der Waals surface area contributed by atoms with E-state index in [2.05, 4.69) is 0 Å². The molecule has 2 aliphatic heterocycles. The van der Waals surface area contributed by atoms with Crippen molar-refractivity contribution in [3.8, 4) is 0 Å². The first-order chi connectivity index (χ1) is 14.7. The highest BCUT2D eigenvalue weighted by Crippen LogP contribution is 2.32. The van der Waals surface area contributed by atoms with Crippen molar-refractivity contribution < 1.29 is 14.4 Å². The minimum Gasteiger partial charge on any atom is -0.336 e. The maximum absolute atomic E-state index is 12.6. The fourth-order valence-corrected chi connectivity index (χ4v) is 4.64. The quantitative estimate of drug-likeness (QED) is 0.563. The van der Waals surface area contributed by atoms with Crippen molar-refractivity contribution >= 4 is 18.2 Å². The van der Waals surface area contributed by atoms with Crippen molar-refractivity contribution in [2.24, 2.45) is 0 Å². The van der Waals surface area contributed by atoms with Gasteiger partial charge in [0.05, 0.1) is 23.7 Å². The Hall–Kier alpha value is -2.95. The molecule has 1 atom stereocenters. The maximum atomic E-state index is 12.6. The molecule has 1 saturated carbocycles. The molecule has 0 bridgehead atoms. The van der Waals surface area contributed by atoms with Crippen molar-refractivity contribution in [2.45, 2.75) is 51.0 Å². The molecule has 30 heavy (non-hydrogen) atoms. The molecule has 1 fully saturated rings. The van der Waals surface area contributed by atoms with Crippen molar-refractivity contribution in [2.75, 3.05) is 13.1 Å². The van der Waals surface area contributed by atoms with Crippen molar-refractivity contribution in [3.63, 3.8) is 0 Å². The summed E-state index contributed by atoms with van der Waals surface area (Å²) in [5.41, 5.74) is 3.04. The number of rotatable bonds is 3. The molecule has 1 unspecified atom stereocenters. The van der Waals surface area contributed by atoms with Crippen LogP contribution < -0.4 is 0 Å².